The fraction of sp³-hybridized carbons (Fsp3) is 0.531. The first-order valence-corrected chi connectivity index (χ1v) is 14.5. The summed E-state index contributed by atoms with van der Waals surface area (Å²) in [7, 11) is 0. The van der Waals surface area contributed by atoms with Crippen LogP contribution in [0, 0.1) is 6.92 Å². The highest BCUT2D eigenvalue weighted by Crippen LogP contribution is 2.47. The number of carbonyl (C=O) groups is 1. The van der Waals surface area contributed by atoms with E-state index >= 15 is 0 Å². The molecule has 0 radical (unpaired) electrons. The monoisotopic (exact) mass is 499 g/mol. The minimum atomic E-state index is -0.849. The zero-order valence-corrected chi connectivity index (χ0v) is 22.5. The van der Waals surface area contributed by atoms with Crippen molar-refractivity contribution in [1.29, 1.82) is 0 Å². The van der Waals surface area contributed by atoms with Gasteiger partial charge in [0, 0.05) is 54.4 Å². The van der Waals surface area contributed by atoms with Crippen LogP contribution in [0.15, 0.2) is 36.4 Å². The first-order valence-electron chi connectivity index (χ1n) is 14.5. The molecule has 1 N–H and O–H groups in total. The van der Waals surface area contributed by atoms with Gasteiger partial charge >= 0.3 is 5.97 Å². The number of anilines is 1. The number of carboxylic acids is 1. The number of hydrogen-bond donors (Lipinski definition) is 1. The zero-order valence-electron chi connectivity index (χ0n) is 22.5. The van der Waals surface area contributed by atoms with E-state index in [2.05, 4.69) is 52.5 Å². The molecule has 5 nitrogen and oxygen atoms in total. The molecule has 6 rings (SSSR count). The van der Waals surface area contributed by atoms with Gasteiger partial charge in [-0.3, -0.25) is 4.90 Å². The Labute approximate surface area is 221 Å². The summed E-state index contributed by atoms with van der Waals surface area (Å²) in [5, 5.41) is 11.0. The molecule has 1 atom stereocenters. The first-order chi connectivity index (χ1) is 18.0. The fourth-order valence-corrected chi connectivity index (χ4v) is 7.25. The van der Waals surface area contributed by atoms with E-state index in [0.717, 1.165) is 31.7 Å². The van der Waals surface area contributed by atoms with Crippen molar-refractivity contribution < 1.29 is 9.90 Å². The summed E-state index contributed by atoms with van der Waals surface area (Å²) in [6.07, 6.45) is 10.3. The Balaban J connectivity index is 1.47. The smallest absolute Gasteiger partial charge is 0.335 e. The maximum absolute atomic E-state index is 11.9. The SMILES string of the molecule is Cc1ccc2c(c1)N(CCN1CCCCC1C)CCn1c-2c(C2CCCCC2)c2ccc(C(=O)O)cc21. The predicted octanol–water partition coefficient (Wildman–Crippen LogP) is 7.06. The Morgan fingerprint density at radius 3 is 2.51 bits per heavy atom. The first kappa shape index (κ1) is 24.5. The van der Waals surface area contributed by atoms with E-state index < -0.39 is 5.97 Å². The van der Waals surface area contributed by atoms with E-state index in [1.54, 1.807) is 6.07 Å². The third-order valence-electron chi connectivity index (χ3n) is 9.30. The Morgan fingerprint density at radius 1 is 0.919 bits per heavy atom. The molecule has 3 heterocycles. The summed E-state index contributed by atoms with van der Waals surface area (Å²) < 4.78 is 2.46. The van der Waals surface area contributed by atoms with Gasteiger partial charge in [-0.05, 0) is 81.3 Å². The van der Waals surface area contributed by atoms with Gasteiger partial charge in [-0.2, -0.15) is 0 Å². The molecule has 2 aromatic carbocycles. The Bertz CT molecular complexity index is 1300. The van der Waals surface area contributed by atoms with E-state index in [1.807, 2.05) is 6.07 Å². The lowest BCUT2D eigenvalue weighted by Crippen LogP contribution is -2.43. The quantitative estimate of drug-likeness (QED) is 0.408. The number of rotatable bonds is 5. The highest BCUT2D eigenvalue weighted by atomic mass is 16.4. The number of nitrogens with zero attached hydrogens (tertiary/aromatic N) is 3. The lowest BCUT2D eigenvalue weighted by atomic mass is 9.81. The van der Waals surface area contributed by atoms with Crippen LogP contribution in [0.5, 0.6) is 0 Å². The van der Waals surface area contributed by atoms with Crippen LogP contribution >= 0.6 is 0 Å². The van der Waals surface area contributed by atoms with Gasteiger partial charge in [0.1, 0.15) is 0 Å². The third kappa shape index (κ3) is 4.56. The molecule has 0 amide bonds. The van der Waals surface area contributed by atoms with Crippen molar-refractivity contribution in [1.82, 2.24) is 9.47 Å². The molecule has 37 heavy (non-hydrogen) atoms. The number of aryl methyl sites for hydroxylation is 1. The van der Waals surface area contributed by atoms with Crippen LogP contribution in [0.1, 0.15) is 85.7 Å². The third-order valence-corrected chi connectivity index (χ3v) is 9.30. The molecule has 3 aromatic rings. The fourth-order valence-electron chi connectivity index (χ4n) is 7.25. The molecular weight excluding hydrogens is 458 g/mol. The van der Waals surface area contributed by atoms with Crippen molar-refractivity contribution in [2.45, 2.75) is 83.7 Å². The molecule has 1 saturated carbocycles. The maximum atomic E-state index is 11.9. The van der Waals surface area contributed by atoms with Crippen LogP contribution in [-0.4, -0.2) is 52.8 Å². The largest absolute Gasteiger partial charge is 0.478 e. The van der Waals surface area contributed by atoms with E-state index in [-0.39, 0.29) is 0 Å². The Hall–Kier alpha value is -2.79. The average Bonchev–Trinajstić information content (AvgIpc) is 3.14. The lowest BCUT2D eigenvalue weighted by Gasteiger charge is -2.35. The molecule has 5 heteroatoms. The molecule has 196 valence electrons. The zero-order chi connectivity index (χ0) is 25.5. The van der Waals surface area contributed by atoms with E-state index in [4.69, 9.17) is 0 Å². The van der Waals surface area contributed by atoms with Crippen molar-refractivity contribution >= 4 is 22.6 Å². The van der Waals surface area contributed by atoms with Crippen LogP contribution < -0.4 is 4.90 Å². The van der Waals surface area contributed by atoms with Crippen LogP contribution in [0.2, 0.25) is 0 Å². The molecular formula is C32H41N3O2. The standard InChI is InChI=1S/C32H41N3O2/c1-22-11-13-27-28(20-22)34(17-16-33-15-7-6-8-23(33)2)18-19-35-29-21-25(32(36)37)12-14-26(29)30(31(27)35)24-9-4-3-5-10-24/h11-14,20-21,23-24H,3-10,15-19H2,1-2H3,(H,36,37). The van der Waals surface area contributed by atoms with E-state index in [1.165, 1.54) is 91.4 Å². The van der Waals surface area contributed by atoms with E-state index in [9.17, 15) is 9.90 Å². The van der Waals surface area contributed by atoms with Crippen LogP contribution in [-0.2, 0) is 6.54 Å². The molecule has 3 aliphatic rings. The van der Waals surface area contributed by atoms with Gasteiger partial charge in [-0.15, -0.1) is 0 Å². The van der Waals surface area contributed by atoms with Gasteiger partial charge < -0.3 is 14.6 Å². The topological polar surface area (TPSA) is 48.7 Å². The molecule has 1 aliphatic carbocycles. The molecule has 1 unspecified atom stereocenters. The molecule has 0 bridgehead atoms. The highest BCUT2D eigenvalue weighted by molar-refractivity contribution is 5.99. The minimum Gasteiger partial charge on any atom is -0.478 e. The number of aromatic nitrogens is 1. The number of hydrogen-bond acceptors (Lipinski definition) is 3. The average molecular weight is 500 g/mol. The summed E-state index contributed by atoms with van der Waals surface area (Å²) in [5.74, 6) is -0.309. The summed E-state index contributed by atoms with van der Waals surface area (Å²) in [6.45, 7) is 9.75. The molecule has 1 saturated heterocycles. The van der Waals surface area contributed by atoms with Gasteiger partial charge in [-0.25, -0.2) is 4.79 Å². The lowest BCUT2D eigenvalue weighted by molar-refractivity contribution is 0.0697. The van der Waals surface area contributed by atoms with Crippen molar-refractivity contribution in [2.75, 3.05) is 31.1 Å². The van der Waals surface area contributed by atoms with Crippen molar-refractivity contribution in [3.8, 4) is 11.3 Å². The second-order valence-electron chi connectivity index (χ2n) is 11.7. The summed E-state index contributed by atoms with van der Waals surface area (Å²) in [4.78, 5) is 17.2. The van der Waals surface area contributed by atoms with Crippen LogP contribution in [0.3, 0.4) is 0 Å². The number of carboxylic acid groups (broad SMARTS) is 1. The van der Waals surface area contributed by atoms with Gasteiger partial charge in [0.15, 0.2) is 0 Å². The molecule has 1 aromatic heterocycles. The van der Waals surface area contributed by atoms with Gasteiger partial charge in [-0.1, -0.05) is 43.9 Å². The number of likely N-dealkylation sites (tertiary alicyclic amines) is 1. The van der Waals surface area contributed by atoms with Crippen molar-refractivity contribution in [3.05, 3.63) is 53.1 Å². The summed E-state index contributed by atoms with van der Waals surface area (Å²) in [6, 6.07) is 13.5. The maximum Gasteiger partial charge on any atom is 0.335 e. The van der Waals surface area contributed by atoms with Crippen molar-refractivity contribution in [3.63, 3.8) is 0 Å². The second-order valence-corrected chi connectivity index (χ2v) is 11.7. The van der Waals surface area contributed by atoms with E-state index in [0.29, 0.717) is 17.5 Å². The second kappa shape index (κ2) is 10.2. The highest BCUT2D eigenvalue weighted by Gasteiger charge is 2.31. The number of fused-ring (bicyclic) bond motifs is 5. The molecule has 0 spiro atoms. The Kier molecular flexibility index (Phi) is 6.74. The summed E-state index contributed by atoms with van der Waals surface area (Å²) >= 11 is 0. The molecule has 2 fully saturated rings. The predicted molar refractivity (Wildman–Crippen MR) is 152 cm³/mol. The van der Waals surface area contributed by atoms with Gasteiger partial charge in [0.2, 0.25) is 0 Å². The minimum absolute atomic E-state index is 0.382. The van der Waals surface area contributed by atoms with Crippen LogP contribution in [0.4, 0.5) is 5.69 Å². The van der Waals surface area contributed by atoms with Gasteiger partial charge in [0.25, 0.3) is 0 Å². The number of benzene rings is 2. The summed E-state index contributed by atoms with van der Waals surface area (Å²) in [5.41, 5.74) is 8.24. The van der Waals surface area contributed by atoms with Gasteiger partial charge in [0.05, 0.1) is 11.3 Å². The number of piperidine rings is 1. The van der Waals surface area contributed by atoms with Crippen LogP contribution in [0.25, 0.3) is 22.2 Å². The van der Waals surface area contributed by atoms with Crippen molar-refractivity contribution in [2.24, 2.45) is 0 Å². The Morgan fingerprint density at radius 2 is 1.73 bits per heavy atom. The normalized spacial score (nSPS) is 21.0. The number of aromatic carboxylic acids is 1. The molecule has 2 aliphatic heterocycles.